The Bertz CT molecular complexity index is 1220. The minimum atomic E-state index is -3.36. The Kier molecular flexibility index (Phi) is 6.51. The van der Waals surface area contributed by atoms with Gasteiger partial charge < -0.3 is 5.32 Å². The Labute approximate surface area is 175 Å². The number of rotatable bonds is 8. The molecule has 0 bridgehead atoms. The normalized spacial score (nSPS) is 11.4. The molecule has 1 aromatic heterocycles. The number of sulfonamides is 1. The number of aryl methyl sites for hydroxylation is 2. The smallest absolute Gasteiger partial charge is 0.261 e. The van der Waals surface area contributed by atoms with Gasteiger partial charge in [0.05, 0.1) is 23.0 Å². The maximum absolute atomic E-state index is 12.6. The van der Waals surface area contributed by atoms with Crippen LogP contribution in [0.15, 0.2) is 53.6 Å². The largest absolute Gasteiger partial charge is 0.326 e. The van der Waals surface area contributed by atoms with E-state index in [4.69, 9.17) is 0 Å². The fourth-order valence-electron chi connectivity index (χ4n) is 3.06. The summed E-state index contributed by atoms with van der Waals surface area (Å²) < 4.78 is 27.5. The van der Waals surface area contributed by atoms with Crippen LogP contribution in [0.4, 0.5) is 11.4 Å². The van der Waals surface area contributed by atoms with Gasteiger partial charge >= 0.3 is 0 Å². The number of hydrogen-bond acceptors (Lipinski definition) is 5. The van der Waals surface area contributed by atoms with Crippen molar-refractivity contribution in [2.24, 2.45) is 0 Å². The molecule has 2 N–H and O–H groups in total. The summed E-state index contributed by atoms with van der Waals surface area (Å²) in [5.74, 6) is -0.209. The van der Waals surface area contributed by atoms with Crippen molar-refractivity contribution in [2.75, 3.05) is 15.8 Å². The Morgan fingerprint density at radius 2 is 1.80 bits per heavy atom. The summed E-state index contributed by atoms with van der Waals surface area (Å²) in [6, 6.07) is 11.8. The molecule has 0 aliphatic rings. The molecule has 158 valence electrons. The number of hydrogen-bond donors (Lipinski definition) is 2. The lowest BCUT2D eigenvalue weighted by Gasteiger charge is -2.10. The van der Waals surface area contributed by atoms with Crippen LogP contribution < -0.4 is 15.6 Å². The molecule has 3 aromatic rings. The highest BCUT2D eigenvalue weighted by Gasteiger charge is 2.10. The van der Waals surface area contributed by atoms with Crippen molar-refractivity contribution in [2.45, 2.75) is 33.2 Å². The van der Waals surface area contributed by atoms with Crippen molar-refractivity contribution in [3.05, 3.63) is 64.7 Å². The predicted molar refractivity (Wildman–Crippen MR) is 118 cm³/mol. The van der Waals surface area contributed by atoms with Gasteiger partial charge in [-0.15, -0.1) is 0 Å². The molecule has 1 amide bonds. The quantitative estimate of drug-likeness (QED) is 0.573. The van der Waals surface area contributed by atoms with Gasteiger partial charge in [0.25, 0.3) is 5.56 Å². The third kappa shape index (κ3) is 5.24. The summed E-state index contributed by atoms with van der Waals surface area (Å²) in [4.78, 5) is 29.2. The molecule has 3 rings (SSSR count). The first-order valence-electron chi connectivity index (χ1n) is 9.64. The molecule has 8 nitrogen and oxygen atoms in total. The number of carbonyl (C=O) groups excluding carboxylic acids is 1. The lowest BCUT2D eigenvalue weighted by molar-refractivity contribution is -0.116. The molecule has 0 saturated heterocycles. The molecule has 1 heterocycles. The van der Waals surface area contributed by atoms with Crippen molar-refractivity contribution in [3.63, 3.8) is 0 Å². The van der Waals surface area contributed by atoms with Crippen molar-refractivity contribution in [1.29, 1.82) is 0 Å². The lowest BCUT2D eigenvalue weighted by atomic mass is 10.1. The summed E-state index contributed by atoms with van der Waals surface area (Å²) in [5.41, 5.74) is 2.39. The van der Waals surface area contributed by atoms with E-state index in [-0.39, 0.29) is 30.2 Å². The second-order valence-electron chi connectivity index (χ2n) is 7.01. The monoisotopic (exact) mass is 428 g/mol. The van der Waals surface area contributed by atoms with E-state index in [0.717, 1.165) is 5.56 Å². The third-order valence-corrected chi connectivity index (χ3v) is 6.04. The van der Waals surface area contributed by atoms with Gasteiger partial charge in [-0.3, -0.25) is 18.9 Å². The number of fused-ring (bicyclic) bond motifs is 1. The summed E-state index contributed by atoms with van der Waals surface area (Å²) in [7, 11) is -3.36. The summed E-state index contributed by atoms with van der Waals surface area (Å²) in [5, 5.41) is 3.27. The van der Waals surface area contributed by atoms with E-state index in [9.17, 15) is 18.0 Å². The van der Waals surface area contributed by atoms with Crippen LogP contribution in [0.5, 0.6) is 0 Å². The van der Waals surface area contributed by atoms with Gasteiger partial charge in [0, 0.05) is 24.3 Å². The minimum Gasteiger partial charge on any atom is -0.326 e. The number of nitrogens with one attached hydrogen (secondary N) is 2. The SMILES string of the molecule is CCCS(=O)(=O)Nc1ccc(NC(=O)CCn2cnc3c(C)cccc3c2=O)cc1. The molecular weight excluding hydrogens is 404 g/mol. The molecule has 30 heavy (non-hydrogen) atoms. The van der Waals surface area contributed by atoms with Crippen molar-refractivity contribution >= 4 is 38.2 Å². The summed E-state index contributed by atoms with van der Waals surface area (Å²) in [6.45, 7) is 3.89. The zero-order chi connectivity index (χ0) is 21.7. The molecule has 9 heteroatoms. The Morgan fingerprint density at radius 3 is 2.50 bits per heavy atom. The van der Waals surface area contributed by atoms with Crippen LogP contribution in [0.3, 0.4) is 0 Å². The molecule has 0 spiro atoms. The predicted octanol–water partition coefficient (Wildman–Crippen LogP) is 2.89. The topological polar surface area (TPSA) is 110 Å². The van der Waals surface area contributed by atoms with Gasteiger partial charge in [-0.2, -0.15) is 0 Å². The van der Waals surface area contributed by atoms with Gasteiger partial charge in [-0.25, -0.2) is 13.4 Å². The van der Waals surface area contributed by atoms with Crippen LogP contribution in [-0.2, 0) is 21.4 Å². The van der Waals surface area contributed by atoms with E-state index in [2.05, 4.69) is 15.0 Å². The first-order chi connectivity index (χ1) is 14.3. The molecular formula is C21H24N4O4S. The maximum atomic E-state index is 12.6. The number of carbonyl (C=O) groups is 1. The number of anilines is 2. The molecule has 0 atom stereocenters. The van der Waals surface area contributed by atoms with Crippen LogP contribution in [0, 0.1) is 6.92 Å². The molecule has 2 aromatic carbocycles. The summed E-state index contributed by atoms with van der Waals surface area (Å²) in [6.07, 6.45) is 2.09. The van der Waals surface area contributed by atoms with E-state index in [1.165, 1.54) is 10.9 Å². The highest BCUT2D eigenvalue weighted by molar-refractivity contribution is 7.92. The van der Waals surface area contributed by atoms with Gasteiger partial charge in [-0.05, 0) is 49.2 Å². The van der Waals surface area contributed by atoms with Crippen LogP contribution in [0.25, 0.3) is 10.9 Å². The first-order valence-corrected chi connectivity index (χ1v) is 11.3. The van der Waals surface area contributed by atoms with Crippen molar-refractivity contribution in [3.8, 4) is 0 Å². The Balaban J connectivity index is 1.61. The fourth-order valence-corrected chi connectivity index (χ4v) is 4.20. The Hall–Kier alpha value is -3.20. The second kappa shape index (κ2) is 9.08. The highest BCUT2D eigenvalue weighted by atomic mass is 32.2. The van der Waals surface area contributed by atoms with Gasteiger partial charge in [0.1, 0.15) is 0 Å². The average molecular weight is 429 g/mol. The number of benzene rings is 2. The van der Waals surface area contributed by atoms with E-state index in [1.807, 2.05) is 19.1 Å². The third-order valence-electron chi connectivity index (χ3n) is 4.55. The van der Waals surface area contributed by atoms with Crippen LogP contribution in [-0.4, -0.2) is 29.6 Å². The number of amides is 1. The van der Waals surface area contributed by atoms with Gasteiger partial charge in [0.15, 0.2) is 0 Å². The van der Waals surface area contributed by atoms with Gasteiger partial charge in [0.2, 0.25) is 15.9 Å². The van der Waals surface area contributed by atoms with E-state index < -0.39 is 10.0 Å². The zero-order valence-corrected chi connectivity index (χ0v) is 17.7. The molecule has 0 radical (unpaired) electrons. The number of aromatic nitrogens is 2. The molecule has 0 fully saturated rings. The maximum Gasteiger partial charge on any atom is 0.261 e. The van der Waals surface area contributed by atoms with Gasteiger partial charge in [-0.1, -0.05) is 19.1 Å². The average Bonchev–Trinajstić information content (AvgIpc) is 2.69. The van der Waals surface area contributed by atoms with Crippen molar-refractivity contribution < 1.29 is 13.2 Å². The van der Waals surface area contributed by atoms with E-state index in [0.29, 0.717) is 28.7 Å². The van der Waals surface area contributed by atoms with Crippen molar-refractivity contribution in [1.82, 2.24) is 9.55 Å². The van der Waals surface area contributed by atoms with Crippen LogP contribution in [0.1, 0.15) is 25.3 Å². The first kappa shape index (κ1) is 21.5. The fraction of sp³-hybridized carbons (Fsp3) is 0.286. The summed E-state index contributed by atoms with van der Waals surface area (Å²) >= 11 is 0. The standard InChI is InChI=1S/C21H24N4O4S/c1-3-13-30(28,29)24-17-9-7-16(8-10-17)23-19(26)11-12-25-14-22-20-15(2)5-4-6-18(20)21(25)27/h4-10,14,24H,3,11-13H2,1-2H3,(H,23,26). The number of para-hydroxylation sites is 1. The lowest BCUT2D eigenvalue weighted by Crippen LogP contribution is -2.23. The number of nitrogens with zero attached hydrogens (tertiary/aromatic N) is 2. The van der Waals surface area contributed by atoms with Crippen LogP contribution >= 0.6 is 0 Å². The zero-order valence-electron chi connectivity index (χ0n) is 16.9. The molecule has 0 saturated carbocycles. The van der Waals surface area contributed by atoms with Crippen LogP contribution in [0.2, 0.25) is 0 Å². The minimum absolute atomic E-state index is 0.0497. The Morgan fingerprint density at radius 1 is 1.10 bits per heavy atom. The molecule has 0 aliphatic heterocycles. The highest BCUT2D eigenvalue weighted by Crippen LogP contribution is 2.16. The van der Waals surface area contributed by atoms with E-state index >= 15 is 0 Å². The van der Waals surface area contributed by atoms with E-state index in [1.54, 1.807) is 37.3 Å². The molecule has 0 aliphatic carbocycles. The second-order valence-corrected chi connectivity index (χ2v) is 8.85. The molecule has 0 unspecified atom stereocenters.